The Morgan fingerprint density at radius 2 is 1.46 bits per heavy atom. The van der Waals surface area contributed by atoms with Crippen molar-refractivity contribution in [3.63, 3.8) is 0 Å². The summed E-state index contributed by atoms with van der Waals surface area (Å²) in [6, 6.07) is 26.0. The van der Waals surface area contributed by atoms with Crippen LogP contribution < -0.4 is 5.32 Å². The molecule has 196 valence electrons. The summed E-state index contributed by atoms with van der Waals surface area (Å²) < 4.78 is 0. The fourth-order valence-electron chi connectivity index (χ4n) is 4.41. The second-order valence-electron chi connectivity index (χ2n) is 10.7. The van der Waals surface area contributed by atoms with Crippen LogP contribution in [-0.4, -0.2) is 29.3 Å². The largest absolute Gasteiger partial charge is 0.354 e. The summed E-state index contributed by atoms with van der Waals surface area (Å²) in [6.45, 7) is 11.6. The van der Waals surface area contributed by atoms with E-state index in [2.05, 4.69) is 70.3 Å². The zero-order chi connectivity index (χ0) is 26.8. The van der Waals surface area contributed by atoms with Crippen LogP contribution in [0.3, 0.4) is 0 Å². The van der Waals surface area contributed by atoms with Crippen molar-refractivity contribution < 1.29 is 9.59 Å². The molecular weight excluding hydrogens is 456 g/mol. The molecule has 4 heteroatoms. The first-order chi connectivity index (χ1) is 17.7. The Hall–Kier alpha value is -3.40. The summed E-state index contributed by atoms with van der Waals surface area (Å²) in [5.41, 5.74) is 5.65. The van der Waals surface area contributed by atoms with Crippen molar-refractivity contribution in [3.8, 4) is 0 Å². The quantitative estimate of drug-likeness (QED) is 0.311. The maximum atomic E-state index is 13.8. The molecule has 2 amide bonds. The van der Waals surface area contributed by atoms with Gasteiger partial charge >= 0.3 is 0 Å². The maximum Gasteiger partial charge on any atom is 0.243 e. The van der Waals surface area contributed by atoms with E-state index in [1.54, 1.807) is 4.90 Å². The minimum Gasteiger partial charge on any atom is -0.354 e. The minimum absolute atomic E-state index is 0.00295. The molecule has 0 aliphatic carbocycles. The molecule has 0 radical (unpaired) electrons. The molecule has 0 aromatic heterocycles. The molecule has 4 nitrogen and oxygen atoms in total. The second-order valence-corrected chi connectivity index (χ2v) is 10.7. The van der Waals surface area contributed by atoms with Gasteiger partial charge in [-0.2, -0.15) is 0 Å². The molecule has 1 atom stereocenters. The van der Waals surface area contributed by atoms with Crippen LogP contribution in [0.4, 0.5) is 0 Å². The monoisotopic (exact) mass is 498 g/mol. The molecule has 3 rings (SSSR count). The number of rotatable bonds is 12. The Morgan fingerprint density at radius 1 is 0.811 bits per heavy atom. The van der Waals surface area contributed by atoms with E-state index in [0.717, 1.165) is 22.3 Å². The van der Waals surface area contributed by atoms with Crippen LogP contribution in [0.1, 0.15) is 67.9 Å². The Kier molecular flexibility index (Phi) is 10.5. The van der Waals surface area contributed by atoms with Crippen LogP contribution in [0, 0.1) is 12.8 Å². The van der Waals surface area contributed by atoms with Crippen molar-refractivity contribution in [3.05, 3.63) is 107 Å². The van der Waals surface area contributed by atoms with Gasteiger partial charge in [-0.05, 0) is 53.0 Å². The highest BCUT2D eigenvalue weighted by Gasteiger charge is 2.30. The summed E-state index contributed by atoms with van der Waals surface area (Å²) in [6.07, 6.45) is 1.48. The SMILES string of the molecule is Cc1ccccc1CN(C(=O)CCc1ccc(C(C)C)cc1)C(Cc1ccccc1)C(=O)NCC(C)C. The molecular formula is C33H42N2O2. The van der Waals surface area contributed by atoms with E-state index >= 15 is 0 Å². The first kappa shape index (κ1) is 28.2. The van der Waals surface area contributed by atoms with Crippen molar-refractivity contribution in [1.82, 2.24) is 10.2 Å². The zero-order valence-corrected chi connectivity index (χ0v) is 23.0. The lowest BCUT2D eigenvalue weighted by atomic mass is 9.99. The van der Waals surface area contributed by atoms with Gasteiger partial charge in [0.1, 0.15) is 6.04 Å². The number of hydrogen-bond donors (Lipinski definition) is 1. The van der Waals surface area contributed by atoms with Gasteiger partial charge in [-0.3, -0.25) is 9.59 Å². The van der Waals surface area contributed by atoms with Crippen molar-refractivity contribution in [1.29, 1.82) is 0 Å². The van der Waals surface area contributed by atoms with Gasteiger partial charge in [0.2, 0.25) is 11.8 Å². The van der Waals surface area contributed by atoms with Gasteiger partial charge in [-0.25, -0.2) is 0 Å². The molecule has 0 aliphatic heterocycles. The highest BCUT2D eigenvalue weighted by Crippen LogP contribution is 2.20. The first-order valence-corrected chi connectivity index (χ1v) is 13.5. The van der Waals surface area contributed by atoms with Gasteiger partial charge in [0.05, 0.1) is 0 Å². The smallest absolute Gasteiger partial charge is 0.243 e. The molecule has 37 heavy (non-hydrogen) atoms. The van der Waals surface area contributed by atoms with E-state index in [0.29, 0.717) is 44.2 Å². The summed E-state index contributed by atoms with van der Waals surface area (Å²) in [5, 5.41) is 3.10. The molecule has 3 aromatic rings. The first-order valence-electron chi connectivity index (χ1n) is 13.5. The number of nitrogens with zero attached hydrogens (tertiary/aromatic N) is 1. The highest BCUT2D eigenvalue weighted by molar-refractivity contribution is 5.88. The average molecular weight is 499 g/mol. The number of nitrogens with one attached hydrogen (secondary N) is 1. The van der Waals surface area contributed by atoms with E-state index < -0.39 is 6.04 Å². The van der Waals surface area contributed by atoms with Crippen molar-refractivity contribution in [2.45, 2.75) is 72.4 Å². The lowest BCUT2D eigenvalue weighted by Crippen LogP contribution is -2.51. The van der Waals surface area contributed by atoms with Crippen LogP contribution in [0.15, 0.2) is 78.9 Å². The van der Waals surface area contributed by atoms with Crippen LogP contribution in [0.5, 0.6) is 0 Å². The standard InChI is InChI=1S/C33H42N2O2/c1-24(2)22-34-33(37)31(21-28-12-7-6-8-13-28)35(23-30-14-10-9-11-26(30)5)32(36)20-17-27-15-18-29(19-16-27)25(3)4/h6-16,18-19,24-25,31H,17,20-23H2,1-5H3,(H,34,37). The summed E-state index contributed by atoms with van der Waals surface area (Å²) in [7, 11) is 0. The van der Waals surface area contributed by atoms with Crippen molar-refractivity contribution in [2.75, 3.05) is 6.54 Å². The maximum absolute atomic E-state index is 13.8. The molecule has 0 spiro atoms. The molecule has 1 unspecified atom stereocenters. The molecule has 0 bridgehead atoms. The Labute approximate surface area is 223 Å². The number of carbonyl (C=O) groups excluding carboxylic acids is 2. The third-order valence-electron chi connectivity index (χ3n) is 6.83. The normalized spacial score (nSPS) is 12.0. The molecule has 0 saturated carbocycles. The van der Waals surface area contributed by atoms with E-state index in [1.165, 1.54) is 5.56 Å². The van der Waals surface area contributed by atoms with Gasteiger partial charge in [-0.15, -0.1) is 0 Å². The van der Waals surface area contributed by atoms with E-state index in [-0.39, 0.29) is 11.8 Å². The minimum atomic E-state index is -0.587. The van der Waals surface area contributed by atoms with Crippen LogP contribution in [0.25, 0.3) is 0 Å². The third-order valence-corrected chi connectivity index (χ3v) is 6.83. The molecule has 1 N–H and O–H groups in total. The topological polar surface area (TPSA) is 49.4 Å². The van der Waals surface area contributed by atoms with E-state index in [1.807, 2.05) is 48.5 Å². The third kappa shape index (κ3) is 8.59. The fourth-order valence-corrected chi connectivity index (χ4v) is 4.41. The molecule has 0 aliphatic rings. The number of amides is 2. The fraction of sp³-hybridized carbons (Fsp3) is 0.394. The second kappa shape index (κ2) is 13.8. The predicted octanol–water partition coefficient (Wildman–Crippen LogP) is 6.46. The summed E-state index contributed by atoms with van der Waals surface area (Å²) >= 11 is 0. The number of aryl methyl sites for hydroxylation is 2. The highest BCUT2D eigenvalue weighted by atomic mass is 16.2. The number of hydrogen-bond acceptors (Lipinski definition) is 2. The number of benzene rings is 3. The Bertz CT molecular complexity index is 1140. The van der Waals surface area contributed by atoms with Crippen LogP contribution >= 0.6 is 0 Å². The molecule has 0 heterocycles. The van der Waals surface area contributed by atoms with E-state index in [9.17, 15) is 9.59 Å². The van der Waals surface area contributed by atoms with E-state index in [4.69, 9.17) is 0 Å². The van der Waals surface area contributed by atoms with Gasteiger partial charge in [0.15, 0.2) is 0 Å². The van der Waals surface area contributed by atoms with Crippen LogP contribution in [-0.2, 0) is 29.0 Å². The Morgan fingerprint density at radius 3 is 2.08 bits per heavy atom. The predicted molar refractivity (Wildman–Crippen MR) is 152 cm³/mol. The molecule has 0 saturated heterocycles. The Balaban J connectivity index is 1.88. The zero-order valence-electron chi connectivity index (χ0n) is 23.0. The number of carbonyl (C=O) groups is 2. The molecule has 0 fully saturated rings. The molecule has 3 aromatic carbocycles. The summed E-state index contributed by atoms with van der Waals surface area (Å²) in [4.78, 5) is 29.2. The lowest BCUT2D eigenvalue weighted by Gasteiger charge is -2.32. The van der Waals surface area contributed by atoms with Crippen molar-refractivity contribution in [2.24, 2.45) is 5.92 Å². The van der Waals surface area contributed by atoms with Crippen LogP contribution in [0.2, 0.25) is 0 Å². The van der Waals surface area contributed by atoms with Gasteiger partial charge in [0.25, 0.3) is 0 Å². The van der Waals surface area contributed by atoms with Gasteiger partial charge in [0, 0.05) is 25.9 Å². The lowest BCUT2D eigenvalue weighted by molar-refractivity contribution is -0.141. The average Bonchev–Trinajstić information content (AvgIpc) is 2.89. The van der Waals surface area contributed by atoms with Gasteiger partial charge in [-0.1, -0.05) is 107 Å². The van der Waals surface area contributed by atoms with Crippen molar-refractivity contribution >= 4 is 11.8 Å². The van der Waals surface area contributed by atoms with Gasteiger partial charge < -0.3 is 10.2 Å². The summed E-state index contributed by atoms with van der Waals surface area (Å²) in [5.74, 6) is 0.705.